The van der Waals surface area contributed by atoms with E-state index in [4.69, 9.17) is 16.3 Å². The fraction of sp³-hybridized carbons (Fsp3) is 0.611. The molecule has 3 rings (SSSR count). The number of piperidine rings is 1. The molecule has 138 valence electrons. The van der Waals surface area contributed by atoms with Crippen molar-refractivity contribution >= 4 is 27.5 Å². The van der Waals surface area contributed by atoms with Gasteiger partial charge in [0.1, 0.15) is 5.60 Å². The fourth-order valence-electron chi connectivity index (χ4n) is 3.81. The van der Waals surface area contributed by atoms with Crippen LogP contribution in [0.5, 0.6) is 0 Å². The molecule has 1 unspecified atom stereocenters. The molecule has 7 heteroatoms. The second-order valence-corrected chi connectivity index (χ2v) is 10.5. The molecule has 0 aromatic heterocycles. The van der Waals surface area contributed by atoms with Crippen LogP contribution in [0.15, 0.2) is 29.2 Å². The maximum atomic E-state index is 12.9. The van der Waals surface area contributed by atoms with Crippen molar-refractivity contribution < 1.29 is 17.9 Å². The lowest BCUT2D eigenvalue weighted by Crippen LogP contribution is -2.51. The van der Waals surface area contributed by atoms with Crippen molar-refractivity contribution in [2.45, 2.75) is 74.3 Å². The Kier molecular flexibility index (Phi) is 4.79. The number of halogens is 1. The van der Waals surface area contributed by atoms with Crippen LogP contribution in [0.25, 0.3) is 0 Å². The average Bonchev–Trinajstić information content (AvgIpc) is 2.76. The molecule has 1 aromatic carbocycles. The van der Waals surface area contributed by atoms with Crippen molar-refractivity contribution in [1.82, 2.24) is 4.90 Å². The lowest BCUT2D eigenvalue weighted by Gasteiger charge is -2.39. The van der Waals surface area contributed by atoms with Gasteiger partial charge in [-0.05, 0) is 70.7 Å². The number of rotatable bonds is 2. The Morgan fingerprint density at radius 2 is 1.64 bits per heavy atom. The second-order valence-electron chi connectivity index (χ2n) is 7.86. The molecule has 2 bridgehead atoms. The molecule has 25 heavy (non-hydrogen) atoms. The van der Waals surface area contributed by atoms with Crippen LogP contribution in [-0.2, 0) is 14.6 Å². The van der Waals surface area contributed by atoms with E-state index in [9.17, 15) is 13.2 Å². The van der Waals surface area contributed by atoms with E-state index in [1.54, 1.807) is 29.2 Å². The maximum absolute atomic E-state index is 12.9. The summed E-state index contributed by atoms with van der Waals surface area (Å²) in [7, 11) is -3.43. The third-order valence-corrected chi connectivity index (χ3v) is 7.32. The van der Waals surface area contributed by atoms with E-state index in [0.29, 0.717) is 22.8 Å². The number of carbonyl (C=O) groups is 1. The molecule has 2 aliphatic rings. The predicted molar refractivity (Wildman–Crippen MR) is 96.5 cm³/mol. The Hall–Kier alpha value is -1.27. The summed E-state index contributed by atoms with van der Waals surface area (Å²) in [6, 6.07) is 6.17. The Balaban J connectivity index is 1.77. The van der Waals surface area contributed by atoms with Crippen molar-refractivity contribution in [3.8, 4) is 0 Å². The number of hydrogen-bond donors (Lipinski definition) is 0. The van der Waals surface area contributed by atoms with Gasteiger partial charge >= 0.3 is 6.09 Å². The molecule has 1 amide bonds. The number of fused-ring (bicyclic) bond motifs is 2. The maximum Gasteiger partial charge on any atom is 0.410 e. The zero-order valence-corrected chi connectivity index (χ0v) is 16.3. The van der Waals surface area contributed by atoms with E-state index < -0.39 is 20.7 Å². The Bertz CT molecular complexity index is 740. The van der Waals surface area contributed by atoms with Crippen LogP contribution in [-0.4, -0.2) is 42.3 Å². The highest BCUT2D eigenvalue weighted by atomic mass is 35.5. The summed E-state index contributed by atoms with van der Waals surface area (Å²) >= 11 is 5.86. The molecule has 2 fully saturated rings. The molecule has 0 saturated carbocycles. The number of carbonyl (C=O) groups excluding carboxylic acids is 1. The minimum Gasteiger partial charge on any atom is -0.444 e. The number of benzene rings is 1. The molecule has 2 aliphatic heterocycles. The Morgan fingerprint density at radius 1 is 1.12 bits per heavy atom. The van der Waals surface area contributed by atoms with Crippen LogP contribution in [0, 0.1) is 0 Å². The number of sulfone groups is 1. The molecule has 0 spiro atoms. The van der Waals surface area contributed by atoms with Crippen LogP contribution in [0.2, 0.25) is 5.02 Å². The fourth-order valence-corrected chi connectivity index (χ4v) is 5.79. The zero-order chi connectivity index (χ0) is 18.4. The molecule has 0 radical (unpaired) electrons. The molecule has 3 atom stereocenters. The molecular weight excluding hydrogens is 362 g/mol. The highest BCUT2D eigenvalue weighted by Gasteiger charge is 2.48. The number of amides is 1. The molecule has 0 aliphatic carbocycles. The monoisotopic (exact) mass is 385 g/mol. The smallest absolute Gasteiger partial charge is 0.410 e. The van der Waals surface area contributed by atoms with Gasteiger partial charge in [0.05, 0.1) is 10.1 Å². The summed E-state index contributed by atoms with van der Waals surface area (Å²) in [6.07, 6.45) is 2.25. The predicted octanol–water partition coefficient (Wildman–Crippen LogP) is 4.04. The van der Waals surface area contributed by atoms with Gasteiger partial charge in [0.25, 0.3) is 0 Å². The molecular formula is C18H24ClNO4S. The number of ether oxygens (including phenoxy) is 1. The van der Waals surface area contributed by atoms with Crippen LogP contribution in [0.4, 0.5) is 4.79 Å². The lowest BCUT2D eigenvalue weighted by atomic mass is 10.0. The first-order chi connectivity index (χ1) is 11.6. The van der Waals surface area contributed by atoms with Gasteiger partial charge in [-0.15, -0.1) is 0 Å². The van der Waals surface area contributed by atoms with Crippen LogP contribution in [0.3, 0.4) is 0 Å². The van der Waals surface area contributed by atoms with Crippen LogP contribution in [0.1, 0.15) is 46.5 Å². The summed E-state index contributed by atoms with van der Waals surface area (Å²) in [5, 5.41) is 0.0450. The van der Waals surface area contributed by atoms with Gasteiger partial charge in [-0.3, -0.25) is 0 Å². The first-order valence-corrected chi connectivity index (χ1v) is 10.5. The molecule has 5 nitrogen and oxygen atoms in total. The van der Waals surface area contributed by atoms with E-state index >= 15 is 0 Å². The minimum atomic E-state index is -3.43. The van der Waals surface area contributed by atoms with Crippen LogP contribution < -0.4 is 0 Å². The zero-order valence-electron chi connectivity index (χ0n) is 14.7. The number of hydrogen-bond acceptors (Lipinski definition) is 4. The number of nitrogens with zero attached hydrogens (tertiary/aromatic N) is 1. The lowest BCUT2D eigenvalue weighted by molar-refractivity contribution is 0.00813. The van der Waals surface area contributed by atoms with Gasteiger partial charge in [-0.2, -0.15) is 0 Å². The Morgan fingerprint density at radius 3 is 2.12 bits per heavy atom. The van der Waals surface area contributed by atoms with Crippen molar-refractivity contribution in [1.29, 1.82) is 0 Å². The van der Waals surface area contributed by atoms with Gasteiger partial charge < -0.3 is 9.64 Å². The third-order valence-electron chi connectivity index (χ3n) is 4.88. The Labute approximate surface area is 154 Å². The average molecular weight is 386 g/mol. The van der Waals surface area contributed by atoms with Gasteiger partial charge in [0.2, 0.25) is 0 Å². The SMILES string of the molecule is CC(C)(C)OC(=O)N1[C@@H]2CC[C@H]1CC(S(=O)(=O)c1ccc(Cl)cc1)C2. The van der Waals surface area contributed by atoms with E-state index in [1.165, 1.54) is 0 Å². The van der Waals surface area contributed by atoms with E-state index in [1.807, 2.05) is 20.8 Å². The third kappa shape index (κ3) is 3.80. The standard InChI is InChI=1S/C18H24ClNO4S/c1-18(2,3)24-17(21)20-13-6-7-14(20)11-16(10-13)25(22,23)15-8-4-12(19)5-9-15/h4-5,8-9,13-14,16H,6-7,10-11H2,1-3H3/t13-,14+,16?. The second kappa shape index (κ2) is 6.47. The molecule has 2 saturated heterocycles. The van der Waals surface area contributed by atoms with E-state index in [0.717, 1.165) is 12.8 Å². The summed E-state index contributed by atoms with van der Waals surface area (Å²) in [4.78, 5) is 14.5. The van der Waals surface area contributed by atoms with E-state index in [2.05, 4.69) is 0 Å². The highest BCUT2D eigenvalue weighted by molar-refractivity contribution is 7.92. The normalized spacial score (nSPS) is 26.6. The topological polar surface area (TPSA) is 63.7 Å². The summed E-state index contributed by atoms with van der Waals surface area (Å²) in [5.41, 5.74) is -0.553. The molecule has 0 N–H and O–H groups in total. The van der Waals surface area contributed by atoms with E-state index in [-0.39, 0.29) is 18.2 Å². The summed E-state index contributed by atoms with van der Waals surface area (Å²) < 4.78 is 31.4. The van der Waals surface area contributed by atoms with Gasteiger partial charge in [0, 0.05) is 17.1 Å². The molecule has 1 aromatic rings. The highest BCUT2D eigenvalue weighted by Crippen LogP contribution is 2.40. The largest absolute Gasteiger partial charge is 0.444 e. The minimum absolute atomic E-state index is 0.0688. The van der Waals surface area contributed by atoms with Crippen molar-refractivity contribution in [2.24, 2.45) is 0 Å². The van der Waals surface area contributed by atoms with Crippen molar-refractivity contribution in [3.05, 3.63) is 29.3 Å². The van der Waals surface area contributed by atoms with Gasteiger partial charge in [-0.1, -0.05) is 11.6 Å². The quantitative estimate of drug-likeness (QED) is 0.770. The van der Waals surface area contributed by atoms with Gasteiger partial charge in [0.15, 0.2) is 9.84 Å². The molecule has 2 heterocycles. The summed E-state index contributed by atoms with van der Waals surface area (Å²) in [5.74, 6) is 0. The van der Waals surface area contributed by atoms with Crippen LogP contribution >= 0.6 is 11.6 Å². The first kappa shape index (κ1) is 18.5. The summed E-state index contributed by atoms with van der Waals surface area (Å²) in [6.45, 7) is 5.51. The van der Waals surface area contributed by atoms with Gasteiger partial charge in [-0.25, -0.2) is 13.2 Å². The first-order valence-electron chi connectivity index (χ1n) is 8.59. The van der Waals surface area contributed by atoms with Crippen molar-refractivity contribution in [3.63, 3.8) is 0 Å². The van der Waals surface area contributed by atoms with Crippen molar-refractivity contribution in [2.75, 3.05) is 0 Å².